The number of rotatable bonds is 7. The Bertz CT molecular complexity index is 1790. The fourth-order valence-electron chi connectivity index (χ4n) is 3.78. The molecule has 0 aliphatic rings. The number of carbonyl (C=O) groups is 1. The van der Waals surface area contributed by atoms with Crippen molar-refractivity contribution in [2.45, 2.75) is 13.0 Å². The second-order valence-electron chi connectivity index (χ2n) is 8.23. The summed E-state index contributed by atoms with van der Waals surface area (Å²) in [6, 6.07) is 17.6. The van der Waals surface area contributed by atoms with Gasteiger partial charge >= 0.3 is 5.97 Å². The number of benzene rings is 3. The topological polar surface area (TPSA) is 116 Å². The number of hydrogen-bond donors (Lipinski definition) is 1. The minimum Gasteiger partial charge on any atom is -0.493 e. The number of methoxy groups -OCH3 is 1. The molecule has 0 aliphatic heterocycles. The van der Waals surface area contributed by atoms with Gasteiger partial charge in [0.1, 0.15) is 5.58 Å². The first kappa shape index (κ1) is 25.7. The van der Waals surface area contributed by atoms with Crippen molar-refractivity contribution < 1.29 is 23.8 Å². The number of aliphatic carboxylic acids is 1. The maximum absolute atomic E-state index is 13.5. The third-order valence-corrected chi connectivity index (χ3v) is 6.88. The van der Waals surface area contributed by atoms with E-state index in [1.165, 1.54) is 24.9 Å². The predicted octanol–water partition coefficient (Wildman–Crippen LogP) is 6.08. The number of halogens is 2. The summed E-state index contributed by atoms with van der Waals surface area (Å²) in [5, 5.41) is 14.9. The highest BCUT2D eigenvalue weighted by Crippen LogP contribution is 2.34. The van der Waals surface area contributed by atoms with Gasteiger partial charge in [-0.05, 0) is 71.4 Å². The van der Waals surface area contributed by atoms with Gasteiger partial charge in [0, 0.05) is 19.9 Å². The maximum atomic E-state index is 13.5. The van der Waals surface area contributed by atoms with Crippen molar-refractivity contribution in [1.29, 1.82) is 0 Å². The zero-order valence-corrected chi connectivity index (χ0v) is 23.2. The van der Waals surface area contributed by atoms with E-state index in [9.17, 15) is 14.7 Å². The molecule has 5 rings (SSSR count). The van der Waals surface area contributed by atoms with Gasteiger partial charge in [-0.2, -0.15) is 9.78 Å². The molecule has 1 atom stereocenters. The smallest absolute Gasteiger partial charge is 0.344 e. The van der Waals surface area contributed by atoms with E-state index in [-0.39, 0.29) is 17.1 Å². The number of aromatic nitrogens is 2. The highest BCUT2D eigenvalue weighted by atomic mass is 79.9. The molecular weight excluding hydrogens is 622 g/mol. The van der Waals surface area contributed by atoms with E-state index in [0.29, 0.717) is 38.0 Å². The molecule has 0 fully saturated rings. The average Bonchev–Trinajstić information content (AvgIpc) is 3.32. The van der Waals surface area contributed by atoms with Crippen LogP contribution in [0.4, 0.5) is 0 Å². The molecule has 3 aromatic carbocycles. The Hall–Kier alpha value is -3.96. The number of fused-ring (bicyclic) bond motifs is 2. The van der Waals surface area contributed by atoms with E-state index >= 15 is 0 Å². The summed E-state index contributed by atoms with van der Waals surface area (Å²) in [6.45, 7) is 1.42. The number of ether oxygens (including phenoxy) is 2. The van der Waals surface area contributed by atoms with Crippen LogP contribution in [-0.2, 0) is 4.79 Å². The summed E-state index contributed by atoms with van der Waals surface area (Å²) in [4.78, 5) is 29.4. The lowest BCUT2D eigenvalue weighted by Crippen LogP contribution is -2.23. The second-order valence-corrected chi connectivity index (χ2v) is 10.00. The van der Waals surface area contributed by atoms with Gasteiger partial charge in [0.25, 0.3) is 5.56 Å². The highest BCUT2D eigenvalue weighted by molar-refractivity contribution is 9.10. The van der Waals surface area contributed by atoms with Gasteiger partial charge in [0.15, 0.2) is 23.4 Å². The van der Waals surface area contributed by atoms with Crippen LogP contribution in [0.1, 0.15) is 12.5 Å². The van der Waals surface area contributed by atoms with Crippen molar-refractivity contribution in [3.8, 4) is 23.1 Å². The molecule has 0 saturated heterocycles. The summed E-state index contributed by atoms with van der Waals surface area (Å²) < 4.78 is 19.5. The number of carboxylic acid groups (broad SMARTS) is 1. The minimum atomic E-state index is -1.11. The van der Waals surface area contributed by atoms with Crippen LogP contribution in [0.25, 0.3) is 33.5 Å². The molecular formula is C27H19Br2N3O6. The summed E-state index contributed by atoms with van der Waals surface area (Å²) in [7, 11) is 1.44. The Morgan fingerprint density at radius 3 is 2.68 bits per heavy atom. The molecule has 0 saturated carbocycles. The van der Waals surface area contributed by atoms with Crippen LogP contribution in [0.5, 0.6) is 11.5 Å². The monoisotopic (exact) mass is 639 g/mol. The van der Waals surface area contributed by atoms with Crippen molar-refractivity contribution in [2.24, 2.45) is 5.10 Å². The van der Waals surface area contributed by atoms with E-state index in [1.807, 2.05) is 18.2 Å². The first-order chi connectivity index (χ1) is 18.2. The van der Waals surface area contributed by atoms with Gasteiger partial charge in [0.05, 0.1) is 24.2 Å². The summed E-state index contributed by atoms with van der Waals surface area (Å²) in [5.41, 5.74) is 1.33. The molecule has 38 heavy (non-hydrogen) atoms. The number of furan rings is 1. The van der Waals surface area contributed by atoms with Crippen LogP contribution >= 0.6 is 31.9 Å². The fourth-order valence-corrected chi connectivity index (χ4v) is 4.58. The summed E-state index contributed by atoms with van der Waals surface area (Å²) in [6.07, 6.45) is 0.391. The Morgan fingerprint density at radius 1 is 1.13 bits per heavy atom. The van der Waals surface area contributed by atoms with Crippen LogP contribution in [-0.4, -0.2) is 40.2 Å². The molecule has 0 unspecified atom stereocenters. The third kappa shape index (κ3) is 4.94. The zero-order chi connectivity index (χ0) is 27.0. The predicted molar refractivity (Wildman–Crippen MR) is 150 cm³/mol. The molecule has 11 heteroatoms. The lowest BCUT2D eigenvalue weighted by molar-refractivity contribution is -0.144. The number of hydrogen-bond acceptors (Lipinski definition) is 7. The van der Waals surface area contributed by atoms with Crippen LogP contribution < -0.4 is 15.0 Å². The zero-order valence-electron chi connectivity index (χ0n) is 20.0. The maximum Gasteiger partial charge on any atom is 0.344 e. The third-order valence-electron chi connectivity index (χ3n) is 5.70. The molecule has 0 bridgehead atoms. The van der Waals surface area contributed by atoms with Crippen molar-refractivity contribution in [1.82, 2.24) is 9.66 Å². The number of para-hydroxylation sites is 1. The van der Waals surface area contributed by atoms with Gasteiger partial charge in [-0.3, -0.25) is 4.79 Å². The quantitative estimate of drug-likeness (QED) is 0.214. The second kappa shape index (κ2) is 10.4. The van der Waals surface area contributed by atoms with Crippen LogP contribution in [0.3, 0.4) is 0 Å². The van der Waals surface area contributed by atoms with Gasteiger partial charge in [0.2, 0.25) is 5.82 Å². The van der Waals surface area contributed by atoms with Crippen LogP contribution in [0.2, 0.25) is 0 Å². The normalized spacial score (nSPS) is 12.3. The molecule has 1 N–H and O–H groups in total. The largest absolute Gasteiger partial charge is 0.493 e. The molecule has 5 aromatic rings. The highest BCUT2D eigenvalue weighted by Gasteiger charge is 2.19. The standard InChI is InChI=1S/C27H19Br2N3O6/c1-14(27(34)35)37-23-12-19(29)16(11-22(23)36-2)13-30-32-25(31-20-6-4-3-5-18(20)26(32)33)24-10-15-9-17(28)7-8-21(15)38-24/h3-14H,1-2H3,(H,34,35)/t14-/m0/s1. The van der Waals surface area contributed by atoms with Gasteiger partial charge < -0.3 is 19.0 Å². The van der Waals surface area contributed by atoms with Crippen LogP contribution in [0, 0.1) is 0 Å². The first-order valence-corrected chi connectivity index (χ1v) is 12.9. The van der Waals surface area contributed by atoms with Crippen molar-refractivity contribution in [2.75, 3.05) is 7.11 Å². The first-order valence-electron chi connectivity index (χ1n) is 11.3. The van der Waals surface area contributed by atoms with Gasteiger partial charge in [-0.15, -0.1) is 0 Å². The molecule has 0 spiro atoms. The van der Waals surface area contributed by atoms with E-state index < -0.39 is 12.1 Å². The molecule has 2 heterocycles. The van der Waals surface area contributed by atoms with Gasteiger partial charge in [-0.1, -0.05) is 28.1 Å². The minimum absolute atomic E-state index is 0.232. The fraction of sp³-hybridized carbons (Fsp3) is 0.111. The summed E-state index contributed by atoms with van der Waals surface area (Å²) in [5.74, 6) is 0.0409. The lowest BCUT2D eigenvalue weighted by Gasteiger charge is -2.15. The number of carboxylic acids is 1. The van der Waals surface area contributed by atoms with E-state index in [2.05, 4.69) is 41.9 Å². The lowest BCUT2D eigenvalue weighted by atomic mass is 10.2. The Labute approximate surface area is 232 Å². The van der Waals surface area contributed by atoms with E-state index in [1.54, 1.807) is 42.5 Å². The SMILES string of the molecule is COc1cc(C=Nn2c(-c3cc4cc(Br)ccc4o3)nc3ccccc3c2=O)c(Br)cc1O[C@@H](C)C(=O)O. The number of nitrogens with zero attached hydrogens (tertiary/aromatic N) is 3. The molecule has 0 radical (unpaired) electrons. The van der Waals surface area contributed by atoms with Crippen LogP contribution in [0.15, 0.2) is 83.9 Å². The molecule has 2 aromatic heterocycles. The van der Waals surface area contributed by atoms with E-state index in [4.69, 9.17) is 13.9 Å². The molecule has 9 nitrogen and oxygen atoms in total. The molecule has 0 amide bonds. The van der Waals surface area contributed by atoms with Crippen molar-refractivity contribution in [3.05, 3.63) is 85.5 Å². The Morgan fingerprint density at radius 2 is 1.92 bits per heavy atom. The van der Waals surface area contributed by atoms with Crippen molar-refractivity contribution >= 4 is 65.9 Å². The summed E-state index contributed by atoms with van der Waals surface area (Å²) >= 11 is 6.92. The Balaban J connectivity index is 1.64. The van der Waals surface area contributed by atoms with Crippen molar-refractivity contribution in [3.63, 3.8) is 0 Å². The molecule has 192 valence electrons. The van der Waals surface area contributed by atoms with Gasteiger partial charge in [-0.25, -0.2) is 9.78 Å². The average molecular weight is 641 g/mol. The van der Waals surface area contributed by atoms with E-state index in [0.717, 1.165) is 9.86 Å². The molecule has 0 aliphatic carbocycles. The Kier molecular flexibility index (Phi) is 7.04.